The zero-order valence-electron chi connectivity index (χ0n) is 12.6. The predicted octanol–water partition coefficient (Wildman–Crippen LogP) is 2.34. The second kappa shape index (κ2) is 6.76. The van der Waals surface area contributed by atoms with Gasteiger partial charge < -0.3 is 9.67 Å². The number of nitrogens with zero attached hydrogens (tertiary/aromatic N) is 5. The van der Waals surface area contributed by atoms with Crippen LogP contribution in [0.3, 0.4) is 0 Å². The molecular weight excluding hydrogens is 306 g/mol. The second-order valence-corrected chi connectivity index (χ2v) is 5.67. The predicted molar refractivity (Wildman–Crippen MR) is 83.9 cm³/mol. The first-order valence-electron chi connectivity index (χ1n) is 7.66. The molecule has 0 aliphatic heterocycles. The van der Waals surface area contributed by atoms with Crippen LogP contribution in [-0.2, 0) is 4.84 Å². The highest BCUT2D eigenvalue weighted by Crippen LogP contribution is 2.33. The van der Waals surface area contributed by atoms with Gasteiger partial charge in [-0.3, -0.25) is 4.84 Å². The summed E-state index contributed by atoms with van der Waals surface area (Å²) in [6.07, 6.45) is 6.56. The van der Waals surface area contributed by atoms with Crippen LogP contribution in [0.5, 0.6) is 0 Å². The smallest absolute Gasteiger partial charge is 0.226 e. The van der Waals surface area contributed by atoms with E-state index in [0.29, 0.717) is 23.9 Å². The molecule has 0 bridgehead atoms. The highest BCUT2D eigenvalue weighted by molar-refractivity contribution is 6.28. The van der Waals surface area contributed by atoms with Crippen LogP contribution < -0.4 is 5.06 Å². The maximum atomic E-state index is 8.94. The number of aromatic nitrogens is 4. The molecule has 2 aromatic heterocycles. The Morgan fingerprint density at radius 2 is 2.18 bits per heavy atom. The Kier molecular flexibility index (Phi) is 4.75. The Morgan fingerprint density at radius 3 is 2.86 bits per heavy atom. The van der Waals surface area contributed by atoms with Crippen molar-refractivity contribution in [3.05, 3.63) is 11.6 Å². The number of hydroxylamine groups is 1. The summed E-state index contributed by atoms with van der Waals surface area (Å²) in [5, 5.41) is 10.7. The molecule has 0 unspecified atom stereocenters. The second-order valence-electron chi connectivity index (χ2n) is 5.33. The van der Waals surface area contributed by atoms with Crippen molar-refractivity contribution in [3.8, 4) is 0 Å². The first-order chi connectivity index (χ1) is 10.7. The van der Waals surface area contributed by atoms with Crippen molar-refractivity contribution in [2.45, 2.75) is 38.6 Å². The fourth-order valence-electron chi connectivity index (χ4n) is 2.95. The lowest BCUT2D eigenvalue weighted by molar-refractivity contribution is 0.0737. The fraction of sp³-hybridized carbons (Fsp3) is 0.643. The largest absolute Gasteiger partial charge is 0.394 e. The minimum absolute atomic E-state index is 0.0605. The topological polar surface area (TPSA) is 76.3 Å². The van der Waals surface area contributed by atoms with Gasteiger partial charge in [0.2, 0.25) is 5.28 Å². The summed E-state index contributed by atoms with van der Waals surface area (Å²) in [4.78, 5) is 18.6. The number of aliphatic hydroxyl groups is 1. The third-order valence-electron chi connectivity index (χ3n) is 3.96. The van der Waals surface area contributed by atoms with E-state index >= 15 is 0 Å². The maximum Gasteiger partial charge on any atom is 0.226 e. The highest BCUT2D eigenvalue weighted by atomic mass is 35.5. The number of halogens is 1. The van der Waals surface area contributed by atoms with Crippen molar-refractivity contribution in [3.63, 3.8) is 0 Å². The van der Waals surface area contributed by atoms with Gasteiger partial charge in [-0.2, -0.15) is 9.97 Å². The molecule has 0 saturated heterocycles. The zero-order chi connectivity index (χ0) is 15.5. The van der Waals surface area contributed by atoms with Crippen LogP contribution >= 0.6 is 11.6 Å². The van der Waals surface area contributed by atoms with Crippen molar-refractivity contribution < 1.29 is 9.94 Å². The average molecular weight is 326 g/mol. The number of imidazole rings is 1. The summed E-state index contributed by atoms with van der Waals surface area (Å²) in [6.45, 7) is 2.64. The lowest BCUT2D eigenvalue weighted by atomic mass is 10.2. The molecule has 7 nitrogen and oxygen atoms in total. The van der Waals surface area contributed by atoms with Crippen LogP contribution in [0, 0.1) is 0 Å². The third-order valence-corrected chi connectivity index (χ3v) is 4.12. The molecule has 0 radical (unpaired) electrons. The average Bonchev–Trinajstić information content (AvgIpc) is 3.16. The summed E-state index contributed by atoms with van der Waals surface area (Å²) < 4.78 is 2.10. The van der Waals surface area contributed by atoms with E-state index in [2.05, 4.69) is 19.5 Å². The van der Waals surface area contributed by atoms with Gasteiger partial charge in [0.05, 0.1) is 19.5 Å². The summed E-state index contributed by atoms with van der Waals surface area (Å²) in [6, 6.07) is 0.428. The molecule has 0 atom stereocenters. The maximum absolute atomic E-state index is 8.94. The molecular formula is C14H20ClN5O2. The van der Waals surface area contributed by atoms with Crippen LogP contribution in [-0.4, -0.2) is 44.4 Å². The van der Waals surface area contributed by atoms with E-state index in [0.717, 1.165) is 18.5 Å². The van der Waals surface area contributed by atoms with Crippen molar-refractivity contribution in [1.29, 1.82) is 0 Å². The molecule has 8 heteroatoms. The Morgan fingerprint density at radius 1 is 1.41 bits per heavy atom. The standard InChI is InChI=1S/C14H20ClN5O2/c1-2-20(22-8-7-21)13-11-12(17-14(15)18-13)19(9-16-11)10-5-3-4-6-10/h9-10,21H,2-8H2,1H3. The summed E-state index contributed by atoms with van der Waals surface area (Å²) in [5.41, 5.74) is 1.42. The quantitative estimate of drug-likeness (QED) is 0.649. The molecule has 2 heterocycles. The molecule has 1 N–H and O–H groups in total. The van der Waals surface area contributed by atoms with E-state index < -0.39 is 0 Å². The van der Waals surface area contributed by atoms with Crippen LogP contribution in [0.15, 0.2) is 6.33 Å². The minimum Gasteiger partial charge on any atom is -0.394 e. The Hall–Kier alpha value is -1.44. The van der Waals surface area contributed by atoms with Crippen LogP contribution in [0.1, 0.15) is 38.6 Å². The third kappa shape index (κ3) is 2.88. The molecule has 1 aliphatic carbocycles. The Labute approximate surface area is 133 Å². The van der Waals surface area contributed by atoms with Crippen molar-refractivity contribution in [1.82, 2.24) is 19.5 Å². The summed E-state index contributed by atoms with van der Waals surface area (Å²) in [5.74, 6) is 0.544. The number of hydrogen-bond acceptors (Lipinski definition) is 6. The van der Waals surface area contributed by atoms with Crippen LogP contribution in [0.2, 0.25) is 5.28 Å². The summed E-state index contributed by atoms with van der Waals surface area (Å²) >= 11 is 6.10. The van der Waals surface area contributed by atoms with Gasteiger partial charge in [0.15, 0.2) is 17.0 Å². The van der Waals surface area contributed by atoms with Gasteiger partial charge in [0.1, 0.15) is 0 Å². The molecule has 0 aromatic carbocycles. The molecule has 1 fully saturated rings. The number of fused-ring (bicyclic) bond motifs is 1. The van der Waals surface area contributed by atoms with Crippen LogP contribution in [0.4, 0.5) is 5.82 Å². The van der Waals surface area contributed by atoms with Crippen molar-refractivity contribution in [2.24, 2.45) is 0 Å². The van der Waals surface area contributed by atoms with Gasteiger partial charge in [-0.05, 0) is 31.4 Å². The zero-order valence-corrected chi connectivity index (χ0v) is 13.3. The van der Waals surface area contributed by atoms with Gasteiger partial charge in [-0.1, -0.05) is 12.8 Å². The van der Waals surface area contributed by atoms with Gasteiger partial charge in [-0.25, -0.2) is 10.0 Å². The molecule has 2 aromatic rings. The van der Waals surface area contributed by atoms with E-state index in [9.17, 15) is 0 Å². The van der Waals surface area contributed by atoms with Gasteiger partial charge in [0, 0.05) is 12.6 Å². The SMILES string of the molecule is CCN(OCCO)c1nc(Cl)nc2c1ncn2C1CCCC1. The normalized spacial score (nSPS) is 15.8. The van der Waals surface area contributed by atoms with E-state index in [-0.39, 0.29) is 18.5 Å². The molecule has 120 valence electrons. The lowest BCUT2D eigenvalue weighted by Gasteiger charge is -2.21. The first kappa shape index (κ1) is 15.5. The van der Waals surface area contributed by atoms with E-state index in [1.807, 2.05) is 13.3 Å². The molecule has 1 saturated carbocycles. The summed E-state index contributed by atoms with van der Waals surface area (Å²) in [7, 11) is 0. The Bertz CT molecular complexity index is 641. The highest BCUT2D eigenvalue weighted by Gasteiger charge is 2.23. The monoisotopic (exact) mass is 325 g/mol. The molecule has 0 spiro atoms. The minimum atomic E-state index is -0.0605. The van der Waals surface area contributed by atoms with Gasteiger partial charge >= 0.3 is 0 Å². The van der Waals surface area contributed by atoms with Gasteiger partial charge in [0.25, 0.3) is 0 Å². The Balaban J connectivity index is 2.03. The molecule has 22 heavy (non-hydrogen) atoms. The van der Waals surface area contributed by atoms with Crippen molar-refractivity contribution >= 4 is 28.6 Å². The van der Waals surface area contributed by atoms with Gasteiger partial charge in [-0.15, -0.1) is 0 Å². The fourth-order valence-corrected chi connectivity index (χ4v) is 3.11. The number of anilines is 1. The van der Waals surface area contributed by atoms with E-state index in [1.165, 1.54) is 12.8 Å². The number of aliphatic hydroxyl groups excluding tert-OH is 1. The molecule has 1 aliphatic rings. The van der Waals surface area contributed by atoms with E-state index in [1.54, 1.807) is 5.06 Å². The molecule has 3 rings (SSSR count). The van der Waals surface area contributed by atoms with E-state index in [4.69, 9.17) is 21.5 Å². The number of hydrogen-bond donors (Lipinski definition) is 1. The molecule has 0 amide bonds. The van der Waals surface area contributed by atoms with Crippen LogP contribution in [0.25, 0.3) is 11.2 Å². The number of rotatable bonds is 6. The first-order valence-corrected chi connectivity index (χ1v) is 8.03. The lowest BCUT2D eigenvalue weighted by Crippen LogP contribution is -2.26. The van der Waals surface area contributed by atoms with Crippen molar-refractivity contribution in [2.75, 3.05) is 24.8 Å².